The fourth-order valence-electron chi connectivity index (χ4n) is 3.69. The number of methoxy groups -OCH3 is 2. The van der Waals surface area contributed by atoms with Crippen molar-refractivity contribution < 1.29 is 19.1 Å². The topological polar surface area (TPSA) is 99.4 Å². The number of rotatable bonds is 9. The van der Waals surface area contributed by atoms with Crippen molar-refractivity contribution in [3.63, 3.8) is 0 Å². The number of amides is 2. The Kier molecular flexibility index (Phi) is 6.71. The summed E-state index contributed by atoms with van der Waals surface area (Å²) in [5.41, 5.74) is 3.98. The van der Waals surface area contributed by atoms with E-state index in [0.29, 0.717) is 44.0 Å². The maximum absolute atomic E-state index is 12.8. The third-order valence-electron chi connectivity index (χ3n) is 5.21. The van der Waals surface area contributed by atoms with Crippen molar-refractivity contribution in [2.24, 2.45) is 0 Å². The van der Waals surface area contributed by atoms with Crippen molar-refractivity contribution in [3.8, 4) is 0 Å². The van der Waals surface area contributed by atoms with Gasteiger partial charge in [-0.3, -0.25) is 14.3 Å². The van der Waals surface area contributed by atoms with Gasteiger partial charge in [0.15, 0.2) is 0 Å². The molecule has 1 aliphatic heterocycles. The van der Waals surface area contributed by atoms with Gasteiger partial charge in [-0.25, -0.2) is 0 Å². The molecule has 3 rings (SSSR count). The molecule has 0 fully saturated rings. The van der Waals surface area contributed by atoms with Gasteiger partial charge in [0.1, 0.15) is 5.69 Å². The Bertz CT molecular complexity index is 862. The lowest BCUT2D eigenvalue weighted by atomic mass is 10.1. The minimum atomic E-state index is -0.215. The van der Waals surface area contributed by atoms with Gasteiger partial charge >= 0.3 is 0 Å². The van der Waals surface area contributed by atoms with E-state index in [-0.39, 0.29) is 17.9 Å². The monoisotopic (exact) mass is 403 g/mol. The molecular weight excluding hydrogens is 374 g/mol. The summed E-state index contributed by atoms with van der Waals surface area (Å²) in [6, 6.07) is 3.65. The molecule has 0 spiro atoms. The molecule has 1 aliphatic rings. The molecule has 29 heavy (non-hydrogen) atoms. The minimum absolute atomic E-state index is 0.0439. The number of hydrogen-bond donors (Lipinski definition) is 2. The fourth-order valence-corrected chi connectivity index (χ4v) is 3.69. The smallest absolute Gasteiger partial charge is 0.271 e. The Hall–Kier alpha value is -2.65. The van der Waals surface area contributed by atoms with Crippen LogP contribution in [0.1, 0.15) is 37.9 Å². The van der Waals surface area contributed by atoms with Crippen LogP contribution < -0.4 is 10.6 Å². The van der Waals surface area contributed by atoms with Crippen molar-refractivity contribution in [2.45, 2.75) is 39.4 Å². The second kappa shape index (κ2) is 9.23. The van der Waals surface area contributed by atoms with E-state index in [1.54, 1.807) is 25.0 Å². The van der Waals surface area contributed by atoms with E-state index in [0.717, 1.165) is 23.6 Å². The average Bonchev–Trinajstić information content (AvgIpc) is 3.32. The molecule has 0 aromatic carbocycles. The van der Waals surface area contributed by atoms with Gasteiger partial charge in [-0.1, -0.05) is 0 Å². The molecule has 2 amide bonds. The molecule has 2 N–H and O–H groups in total. The van der Waals surface area contributed by atoms with Crippen LogP contribution >= 0.6 is 0 Å². The first kappa shape index (κ1) is 21.1. The lowest BCUT2D eigenvalue weighted by Gasteiger charge is -2.13. The number of carbonyl (C=O) groups excluding carboxylic acids is 2. The molecule has 3 heterocycles. The van der Waals surface area contributed by atoms with Crippen LogP contribution in [0.4, 0.5) is 0 Å². The SMILES string of the molecule is COCCNC(=O)c1cc2n(n1)CC(NC(=O)c1cc(C)n(CCOC)c1C)C2. The zero-order valence-corrected chi connectivity index (χ0v) is 17.4. The van der Waals surface area contributed by atoms with E-state index in [1.165, 1.54) is 0 Å². The van der Waals surface area contributed by atoms with Crippen LogP contribution in [-0.4, -0.2) is 66.2 Å². The molecule has 2 aromatic heterocycles. The molecule has 0 aliphatic carbocycles. The summed E-state index contributed by atoms with van der Waals surface area (Å²) in [7, 11) is 3.25. The molecule has 0 saturated carbocycles. The first-order chi connectivity index (χ1) is 13.9. The predicted molar refractivity (Wildman–Crippen MR) is 107 cm³/mol. The number of fused-ring (bicyclic) bond motifs is 1. The lowest BCUT2D eigenvalue weighted by molar-refractivity contribution is 0.0921. The summed E-state index contributed by atoms with van der Waals surface area (Å²) in [5.74, 6) is -0.303. The Morgan fingerprint density at radius 2 is 1.93 bits per heavy atom. The summed E-state index contributed by atoms with van der Waals surface area (Å²) in [6.07, 6.45) is 0.645. The van der Waals surface area contributed by atoms with Crippen LogP contribution in [0.5, 0.6) is 0 Å². The molecule has 9 nitrogen and oxygen atoms in total. The fraction of sp³-hybridized carbons (Fsp3) is 0.550. The highest BCUT2D eigenvalue weighted by molar-refractivity contribution is 5.96. The molecule has 1 atom stereocenters. The summed E-state index contributed by atoms with van der Waals surface area (Å²) < 4.78 is 14.0. The average molecular weight is 403 g/mol. The van der Waals surface area contributed by atoms with Gasteiger partial charge in [0.25, 0.3) is 11.8 Å². The molecule has 0 bridgehead atoms. The lowest BCUT2D eigenvalue weighted by Crippen LogP contribution is -2.36. The largest absolute Gasteiger partial charge is 0.383 e. The van der Waals surface area contributed by atoms with Crippen LogP contribution in [0.3, 0.4) is 0 Å². The van der Waals surface area contributed by atoms with E-state index >= 15 is 0 Å². The van der Waals surface area contributed by atoms with Crippen molar-refractivity contribution >= 4 is 11.8 Å². The molecule has 0 saturated heterocycles. The van der Waals surface area contributed by atoms with Gasteiger partial charge in [-0.2, -0.15) is 5.10 Å². The van der Waals surface area contributed by atoms with Crippen LogP contribution in [0.25, 0.3) is 0 Å². The highest BCUT2D eigenvalue weighted by Gasteiger charge is 2.27. The van der Waals surface area contributed by atoms with Gasteiger partial charge in [0.05, 0.1) is 31.4 Å². The maximum atomic E-state index is 12.8. The van der Waals surface area contributed by atoms with Crippen LogP contribution in [-0.2, 0) is 29.0 Å². The van der Waals surface area contributed by atoms with E-state index in [1.807, 2.05) is 19.9 Å². The summed E-state index contributed by atoms with van der Waals surface area (Å²) in [5, 5.41) is 10.2. The van der Waals surface area contributed by atoms with Gasteiger partial charge in [-0.15, -0.1) is 0 Å². The Balaban J connectivity index is 1.59. The summed E-state index contributed by atoms with van der Waals surface area (Å²) in [4.78, 5) is 24.9. The van der Waals surface area contributed by atoms with E-state index in [4.69, 9.17) is 9.47 Å². The van der Waals surface area contributed by atoms with E-state index in [2.05, 4.69) is 20.3 Å². The molecule has 0 radical (unpaired) electrons. The van der Waals surface area contributed by atoms with Crippen molar-refractivity contribution in [3.05, 3.63) is 40.5 Å². The molecule has 9 heteroatoms. The van der Waals surface area contributed by atoms with Gasteiger partial charge < -0.3 is 24.7 Å². The van der Waals surface area contributed by atoms with Crippen LogP contribution in [0.15, 0.2) is 12.1 Å². The second-order valence-corrected chi connectivity index (χ2v) is 7.26. The van der Waals surface area contributed by atoms with Gasteiger partial charge in [0.2, 0.25) is 0 Å². The normalized spacial score (nSPS) is 15.4. The van der Waals surface area contributed by atoms with Crippen LogP contribution in [0.2, 0.25) is 0 Å². The van der Waals surface area contributed by atoms with Crippen molar-refractivity contribution in [1.82, 2.24) is 25.0 Å². The third kappa shape index (κ3) is 4.68. The van der Waals surface area contributed by atoms with E-state index in [9.17, 15) is 9.59 Å². The molecule has 1 unspecified atom stereocenters. The Labute approximate surface area is 170 Å². The Morgan fingerprint density at radius 1 is 1.17 bits per heavy atom. The number of nitrogens with zero attached hydrogens (tertiary/aromatic N) is 3. The van der Waals surface area contributed by atoms with Crippen molar-refractivity contribution in [2.75, 3.05) is 34.0 Å². The first-order valence-corrected chi connectivity index (χ1v) is 9.75. The number of aryl methyl sites for hydroxylation is 1. The Morgan fingerprint density at radius 3 is 2.62 bits per heavy atom. The standard InChI is InChI=1S/C20H29N5O4/c1-13-9-17(14(2)24(13)6-8-29-4)19(26)22-15-10-16-11-18(23-25(16)12-15)20(27)21-5-7-28-3/h9,11,15H,5-8,10,12H2,1-4H3,(H,21,27)(H,22,26). The molecule has 2 aromatic rings. The predicted octanol–water partition coefficient (Wildman–Crippen LogP) is 0.679. The highest BCUT2D eigenvalue weighted by Crippen LogP contribution is 2.19. The van der Waals surface area contributed by atoms with Crippen molar-refractivity contribution in [1.29, 1.82) is 0 Å². The third-order valence-corrected chi connectivity index (χ3v) is 5.21. The number of nitrogens with one attached hydrogen (secondary N) is 2. The summed E-state index contributed by atoms with van der Waals surface area (Å²) in [6.45, 7) is 6.71. The maximum Gasteiger partial charge on any atom is 0.271 e. The number of carbonyl (C=O) groups is 2. The van der Waals surface area contributed by atoms with Gasteiger partial charge in [-0.05, 0) is 26.0 Å². The molecule has 158 valence electrons. The highest BCUT2D eigenvalue weighted by atomic mass is 16.5. The van der Waals surface area contributed by atoms with Gasteiger partial charge in [0, 0.05) is 50.8 Å². The second-order valence-electron chi connectivity index (χ2n) is 7.26. The zero-order valence-electron chi connectivity index (χ0n) is 17.4. The summed E-state index contributed by atoms with van der Waals surface area (Å²) >= 11 is 0. The molecular formula is C20H29N5O4. The van der Waals surface area contributed by atoms with E-state index < -0.39 is 0 Å². The number of hydrogen-bond acceptors (Lipinski definition) is 5. The number of ether oxygens (including phenoxy) is 2. The van der Waals surface area contributed by atoms with Crippen LogP contribution in [0, 0.1) is 13.8 Å². The minimum Gasteiger partial charge on any atom is -0.383 e. The zero-order chi connectivity index (χ0) is 21.0. The first-order valence-electron chi connectivity index (χ1n) is 9.75. The number of aromatic nitrogens is 3. The quantitative estimate of drug-likeness (QED) is 0.600.